The highest BCUT2D eigenvalue weighted by molar-refractivity contribution is 7.13. The molecule has 3 nitrogen and oxygen atoms in total. The molecule has 0 bridgehead atoms. The summed E-state index contributed by atoms with van der Waals surface area (Å²) in [6, 6.07) is 0. The molecule has 76 valence electrons. The van der Waals surface area contributed by atoms with Crippen molar-refractivity contribution in [2.45, 2.75) is 26.2 Å². The van der Waals surface area contributed by atoms with Crippen LogP contribution in [0, 0.1) is 0 Å². The maximum absolute atomic E-state index is 10.9. The zero-order valence-corrected chi connectivity index (χ0v) is 9.14. The lowest BCUT2D eigenvalue weighted by molar-refractivity contribution is -0.116. The summed E-state index contributed by atoms with van der Waals surface area (Å²) in [5.74, 6) is 0.184. The lowest BCUT2D eigenvalue weighted by Gasteiger charge is -2.12. The molecule has 0 aromatic carbocycles. The maximum Gasteiger partial charge on any atom is 0.185 e. The van der Waals surface area contributed by atoms with Crippen LogP contribution < -0.4 is 4.90 Å². The molecule has 0 saturated carbocycles. The van der Waals surface area contributed by atoms with Gasteiger partial charge in [-0.3, -0.25) is 4.79 Å². The number of Topliss-reactive ketones (excluding diaryl/α,β-unsaturated/α-hetero) is 1. The Morgan fingerprint density at radius 1 is 1.57 bits per heavy atom. The molecule has 1 saturated heterocycles. The van der Waals surface area contributed by atoms with Crippen LogP contribution in [0.1, 0.15) is 25.5 Å². The third kappa shape index (κ3) is 2.12. The average Bonchev–Trinajstić information content (AvgIpc) is 2.69. The zero-order valence-electron chi connectivity index (χ0n) is 8.32. The summed E-state index contributed by atoms with van der Waals surface area (Å²) in [7, 11) is 0. The summed E-state index contributed by atoms with van der Waals surface area (Å²) >= 11 is 1.65. The standard InChI is InChI=1S/C10H14N2OS/c1-8(13)6-9-7-14-10(11-9)12-4-2-3-5-12/h7H,2-6H2,1H3. The fraction of sp³-hybridized carbons (Fsp3) is 0.600. The Kier molecular flexibility index (Phi) is 2.82. The van der Waals surface area contributed by atoms with Crippen molar-refractivity contribution in [3.05, 3.63) is 11.1 Å². The van der Waals surface area contributed by atoms with Crippen LogP contribution in [0.2, 0.25) is 0 Å². The van der Waals surface area contributed by atoms with E-state index >= 15 is 0 Å². The topological polar surface area (TPSA) is 33.2 Å². The quantitative estimate of drug-likeness (QED) is 0.763. The Morgan fingerprint density at radius 3 is 2.93 bits per heavy atom. The number of hydrogen-bond donors (Lipinski definition) is 0. The molecule has 0 unspecified atom stereocenters. The van der Waals surface area contributed by atoms with E-state index in [0.29, 0.717) is 6.42 Å². The van der Waals surface area contributed by atoms with Gasteiger partial charge in [0, 0.05) is 24.9 Å². The number of carbonyl (C=O) groups excluding carboxylic acids is 1. The van der Waals surface area contributed by atoms with E-state index in [1.807, 2.05) is 5.38 Å². The van der Waals surface area contributed by atoms with Gasteiger partial charge in [-0.2, -0.15) is 0 Å². The molecule has 1 aliphatic heterocycles. The number of thiazole rings is 1. The summed E-state index contributed by atoms with van der Waals surface area (Å²) in [5, 5.41) is 3.08. The van der Waals surface area contributed by atoms with Gasteiger partial charge in [-0.15, -0.1) is 11.3 Å². The first-order chi connectivity index (χ1) is 6.75. The first kappa shape index (κ1) is 9.65. The molecule has 1 aliphatic rings. The smallest absolute Gasteiger partial charge is 0.185 e. The van der Waals surface area contributed by atoms with Crippen molar-refractivity contribution in [3.63, 3.8) is 0 Å². The van der Waals surface area contributed by atoms with Gasteiger partial charge in [0.05, 0.1) is 5.69 Å². The van der Waals surface area contributed by atoms with Gasteiger partial charge in [-0.25, -0.2) is 4.98 Å². The lowest BCUT2D eigenvalue weighted by atomic mass is 10.3. The van der Waals surface area contributed by atoms with Gasteiger partial charge in [0.1, 0.15) is 5.78 Å². The molecule has 0 amide bonds. The van der Waals surface area contributed by atoms with Gasteiger partial charge in [0.25, 0.3) is 0 Å². The summed E-state index contributed by atoms with van der Waals surface area (Å²) in [6.45, 7) is 3.84. The third-order valence-electron chi connectivity index (χ3n) is 2.35. The third-order valence-corrected chi connectivity index (χ3v) is 3.30. The van der Waals surface area contributed by atoms with Crippen LogP contribution in [0.25, 0.3) is 0 Å². The predicted octanol–water partition coefficient (Wildman–Crippen LogP) is 1.87. The fourth-order valence-electron chi connectivity index (χ4n) is 1.69. The number of ketones is 1. The van der Waals surface area contributed by atoms with Gasteiger partial charge >= 0.3 is 0 Å². The van der Waals surface area contributed by atoms with E-state index in [-0.39, 0.29) is 5.78 Å². The van der Waals surface area contributed by atoms with Crippen molar-refractivity contribution in [1.29, 1.82) is 0 Å². The predicted molar refractivity (Wildman–Crippen MR) is 57.9 cm³/mol. The minimum Gasteiger partial charge on any atom is -0.348 e. The zero-order chi connectivity index (χ0) is 9.97. The first-order valence-corrected chi connectivity index (χ1v) is 5.82. The minimum atomic E-state index is 0.184. The number of rotatable bonds is 3. The van der Waals surface area contributed by atoms with Crippen molar-refractivity contribution in [3.8, 4) is 0 Å². The van der Waals surface area contributed by atoms with Crippen LogP contribution in [-0.2, 0) is 11.2 Å². The highest BCUT2D eigenvalue weighted by Gasteiger charge is 2.15. The van der Waals surface area contributed by atoms with E-state index in [2.05, 4.69) is 9.88 Å². The number of aromatic nitrogens is 1. The van der Waals surface area contributed by atoms with E-state index < -0.39 is 0 Å². The van der Waals surface area contributed by atoms with E-state index in [9.17, 15) is 4.79 Å². The Hall–Kier alpha value is -0.900. The minimum absolute atomic E-state index is 0.184. The van der Waals surface area contributed by atoms with Crippen molar-refractivity contribution in [1.82, 2.24) is 4.98 Å². The van der Waals surface area contributed by atoms with E-state index in [1.54, 1.807) is 18.3 Å². The highest BCUT2D eigenvalue weighted by atomic mass is 32.1. The molecule has 14 heavy (non-hydrogen) atoms. The van der Waals surface area contributed by atoms with Gasteiger partial charge < -0.3 is 4.90 Å². The van der Waals surface area contributed by atoms with Gasteiger partial charge in [-0.05, 0) is 19.8 Å². The summed E-state index contributed by atoms with van der Waals surface area (Å²) in [4.78, 5) is 17.7. The van der Waals surface area contributed by atoms with Gasteiger partial charge in [-0.1, -0.05) is 0 Å². The average molecular weight is 210 g/mol. The molecule has 0 aliphatic carbocycles. The largest absolute Gasteiger partial charge is 0.348 e. The maximum atomic E-state index is 10.9. The molecule has 1 aromatic heterocycles. The van der Waals surface area contributed by atoms with Crippen LogP contribution in [0.15, 0.2) is 5.38 Å². The molecule has 0 atom stereocenters. The number of carbonyl (C=O) groups is 1. The molecule has 0 radical (unpaired) electrons. The van der Waals surface area contributed by atoms with Crippen molar-refractivity contribution >= 4 is 22.3 Å². The van der Waals surface area contributed by atoms with E-state index in [4.69, 9.17) is 0 Å². The number of nitrogens with zero attached hydrogens (tertiary/aromatic N) is 2. The monoisotopic (exact) mass is 210 g/mol. The molecular weight excluding hydrogens is 196 g/mol. The molecule has 0 spiro atoms. The second-order valence-corrected chi connectivity index (χ2v) is 4.53. The summed E-state index contributed by atoms with van der Waals surface area (Å²) < 4.78 is 0. The number of anilines is 1. The SMILES string of the molecule is CC(=O)Cc1csc(N2CCCC2)n1. The Bertz CT molecular complexity index is 329. The van der Waals surface area contributed by atoms with Gasteiger partial charge in [0.15, 0.2) is 5.13 Å². The van der Waals surface area contributed by atoms with Crippen LogP contribution in [0.4, 0.5) is 5.13 Å². The second-order valence-electron chi connectivity index (χ2n) is 3.69. The van der Waals surface area contributed by atoms with Crippen molar-refractivity contribution in [2.24, 2.45) is 0 Å². The van der Waals surface area contributed by atoms with Crippen LogP contribution in [-0.4, -0.2) is 23.9 Å². The van der Waals surface area contributed by atoms with Gasteiger partial charge in [0.2, 0.25) is 0 Å². The summed E-state index contributed by atoms with van der Waals surface area (Å²) in [5.41, 5.74) is 0.921. The van der Waals surface area contributed by atoms with E-state index in [1.165, 1.54) is 12.8 Å². The Balaban J connectivity index is 2.05. The first-order valence-electron chi connectivity index (χ1n) is 4.94. The molecule has 0 N–H and O–H groups in total. The molecule has 2 heterocycles. The molecule has 4 heteroatoms. The van der Waals surface area contributed by atoms with Crippen LogP contribution in [0.3, 0.4) is 0 Å². The molecule has 1 aromatic rings. The molecular formula is C10H14N2OS. The number of hydrogen-bond acceptors (Lipinski definition) is 4. The Labute approximate surface area is 87.8 Å². The molecule has 2 rings (SSSR count). The van der Waals surface area contributed by atoms with Crippen LogP contribution in [0.5, 0.6) is 0 Å². The summed E-state index contributed by atoms with van der Waals surface area (Å²) in [6.07, 6.45) is 3.01. The normalized spacial score (nSPS) is 16.2. The lowest BCUT2D eigenvalue weighted by Crippen LogP contribution is -2.17. The van der Waals surface area contributed by atoms with Crippen LogP contribution >= 0.6 is 11.3 Å². The molecule has 1 fully saturated rings. The fourth-order valence-corrected chi connectivity index (χ4v) is 2.57. The van der Waals surface area contributed by atoms with Crippen molar-refractivity contribution in [2.75, 3.05) is 18.0 Å². The van der Waals surface area contributed by atoms with E-state index in [0.717, 1.165) is 23.9 Å². The Morgan fingerprint density at radius 2 is 2.29 bits per heavy atom. The van der Waals surface area contributed by atoms with Crippen molar-refractivity contribution < 1.29 is 4.79 Å². The second kappa shape index (κ2) is 4.09. The highest BCUT2D eigenvalue weighted by Crippen LogP contribution is 2.24.